The first-order valence-corrected chi connectivity index (χ1v) is 8.49. The lowest BCUT2D eigenvalue weighted by atomic mass is 9.92. The van der Waals surface area contributed by atoms with Gasteiger partial charge in [-0.1, -0.05) is 24.6 Å². The van der Waals surface area contributed by atoms with Gasteiger partial charge in [-0.3, -0.25) is 4.79 Å². The van der Waals surface area contributed by atoms with Gasteiger partial charge in [-0.05, 0) is 51.9 Å². The highest BCUT2D eigenvalue weighted by Gasteiger charge is 2.24. The van der Waals surface area contributed by atoms with Gasteiger partial charge < -0.3 is 20.4 Å². The number of aliphatic hydroxyl groups excluding tert-OH is 2. The maximum atomic E-state index is 12.2. The minimum absolute atomic E-state index is 0.0190. The fourth-order valence-corrected chi connectivity index (χ4v) is 2.97. The van der Waals surface area contributed by atoms with Crippen molar-refractivity contribution in [2.75, 3.05) is 38.7 Å². The van der Waals surface area contributed by atoms with Crippen molar-refractivity contribution < 1.29 is 15.0 Å². The quantitative estimate of drug-likeness (QED) is 0.647. The molecule has 0 bridgehead atoms. The summed E-state index contributed by atoms with van der Waals surface area (Å²) in [6.07, 6.45) is 1.19. The third-order valence-electron chi connectivity index (χ3n) is 4.30. The smallest absolute Gasteiger partial charge is 0.224 e. The van der Waals surface area contributed by atoms with E-state index >= 15 is 0 Å². The fraction of sp³-hybridized carbons (Fsp3) is 0.632. The van der Waals surface area contributed by atoms with Crippen LogP contribution < -0.4 is 5.32 Å². The Bertz CT molecular complexity index is 531. The van der Waals surface area contributed by atoms with E-state index in [0.29, 0.717) is 13.0 Å². The second kappa shape index (κ2) is 9.16. The van der Waals surface area contributed by atoms with Crippen molar-refractivity contribution in [2.45, 2.75) is 40.5 Å². The van der Waals surface area contributed by atoms with Crippen LogP contribution in [-0.4, -0.2) is 54.4 Å². The lowest BCUT2D eigenvalue weighted by Crippen LogP contribution is -2.39. The van der Waals surface area contributed by atoms with Crippen LogP contribution in [0.3, 0.4) is 0 Å². The van der Waals surface area contributed by atoms with Crippen LogP contribution in [0.15, 0.2) is 12.1 Å². The van der Waals surface area contributed by atoms with Gasteiger partial charge in [0, 0.05) is 24.1 Å². The van der Waals surface area contributed by atoms with E-state index in [4.69, 9.17) is 0 Å². The molecule has 136 valence electrons. The van der Waals surface area contributed by atoms with Crippen molar-refractivity contribution in [2.24, 2.45) is 5.41 Å². The minimum Gasteiger partial charge on any atom is -0.396 e. The molecule has 0 atom stereocenters. The van der Waals surface area contributed by atoms with Crippen LogP contribution in [0.5, 0.6) is 0 Å². The number of rotatable bonds is 9. The number of nitrogens with one attached hydrogen (secondary N) is 1. The normalized spacial score (nSPS) is 11.8. The SMILES string of the molecule is Cc1cc(C)c(NC(=O)CCCN(C)CC(C)(CO)CO)c(C)c1. The molecule has 3 N–H and O–H groups in total. The topological polar surface area (TPSA) is 72.8 Å². The van der Waals surface area contributed by atoms with E-state index in [1.165, 1.54) is 5.56 Å². The van der Waals surface area contributed by atoms with Crippen LogP contribution in [0.4, 0.5) is 5.69 Å². The van der Waals surface area contributed by atoms with E-state index < -0.39 is 5.41 Å². The molecule has 1 rings (SSSR count). The Morgan fingerprint density at radius 3 is 2.21 bits per heavy atom. The average molecular weight is 336 g/mol. The van der Waals surface area contributed by atoms with E-state index in [1.54, 1.807) is 0 Å². The second-order valence-electron chi connectivity index (χ2n) is 7.29. The molecule has 5 heteroatoms. The molecule has 0 unspecified atom stereocenters. The lowest BCUT2D eigenvalue weighted by molar-refractivity contribution is -0.116. The number of carbonyl (C=O) groups is 1. The number of hydrogen-bond donors (Lipinski definition) is 3. The summed E-state index contributed by atoms with van der Waals surface area (Å²) in [4.78, 5) is 14.2. The molecule has 24 heavy (non-hydrogen) atoms. The van der Waals surface area contributed by atoms with Gasteiger partial charge in [0.15, 0.2) is 0 Å². The number of amides is 1. The van der Waals surface area contributed by atoms with Crippen LogP contribution in [0.1, 0.15) is 36.5 Å². The summed E-state index contributed by atoms with van der Waals surface area (Å²) in [6.45, 7) is 9.14. The summed E-state index contributed by atoms with van der Waals surface area (Å²) >= 11 is 0. The standard InChI is InChI=1S/C19H32N2O3/c1-14-9-15(2)18(16(3)10-14)20-17(24)7-6-8-21(5)11-19(4,12-22)13-23/h9-10,22-23H,6-8,11-13H2,1-5H3,(H,20,24). The van der Waals surface area contributed by atoms with Gasteiger partial charge in [-0.15, -0.1) is 0 Å². The molecule has 0 fully saturated rings. The van der Waals surface area contributed by atoms with E-state index in [-0.39, 0.29) is 19.1 Å². The van der Waals surface area contributed by atoms with Crippen LogP contribution >= 0.6 is 0 Å². The molecule has 1 aromatic carbocycles. The zero-order valence-corrected chi connectivity index (χ0v) is 15.6. The van der Waals surface area contributed by atoms with Crippen LogP contribution in [0.2, 0.25) is 0 Å². The van der Waals surface area contributed by atoms with Gasteiger partial charge >= 0.3 is 0 Å². The monoisotopic (exact) mass is 336 g/mol. The largest absolute Gasteiger partial charge is 0.396 e. The van der Waals surface area contributed by atoms with E-state index in [1.807, 2.05) is 39.6 Å². The summed E-state index contributed by atoms with van der Waals surface area (Å²) in [5.74, 6) is 0.0190. The zero-order chi connectivity index (χ0) is 18.3. The first kappa shape index (κ1) is 20.6. The number of benzene rings is 1. The Morgan fingerprint density at radius 2 is 1.71 bits per heavy atom. The molecule has 1 amide bonds. The first-order valence-electron chi connectivity index (χ1n) is 8.49. The lowest BCUT2D eigenvalue weighted by Gasteiger charge is -2.30. The van der Waals surface area contributed by atoms with Crippen molar-refractivity contribution in [1.29, 1.82) is 0 Å². The number of carbonyl (C=O) groups excluding carboxylic acids is 1. The molecule has 1 aromatic rings. The summed E-state index contributed by atoms with van der Waals surface area (Å²) in [7, 11) is 1.94. The van der Waals surface area contributed by atoms with Gasteiger partial charge in [-0.2, -0.15) is 0 Å². The molecule has 0 saturated heterocycles. The van der Waals surface area contributed by atoms with Crippen molar-refractivity contribution in [3.63, 3.8) is 0 Å². The van der Waals surface area contributed by atoms with Gasteiger partial charge in [0.1, 0.15) is 0 Å². The summed E-state index contributed by atoms with van der Waals surface area (Å²) in [5, 5.41) is 21.7. The molecular formula is C19H32N2O3. The predicted octanol–water partition coefficient (Wildman–Crippen LogP) is 2.25. The van der Waals surface area contributed by atoms with Crippen molar-refractivity contribution in [3.05, 3.63) is 28.8 Å². The van der Waals surface area contributed by atoms with E-state index in [9.17, 15) is 15.0 Å². The van der Waals surface area contributed by atoms with Gasteiger partial charge in [0.25, 0.3) is 0 Å². The predicted molar refractivity (Wildman–Crippen MR) is 98.3 cm³/mol. The highest BCUT2D eigenvalue weighted by atomic mass is 16.3. The Hall–Kier alpha value is -1.43. The summed E-state index contributed by atoms with van der Waals surface area (Å²) < 4.78 is 0. The third kappa shape index (κ3) is 6.23. The van der Waals surface area contributed by atoms with Crippen molar-refractivity contribution >= 4 is 11.6 Å². The Kier molecular flexibility index (Phi) is 7.87. The maximum Gasteiger partial charge on any atom is 0.224 e. The van der Waals surface area contributed by atoms with E-state index in [0.717, 1.165) is 29.8 Å². The molecule has 0 saturated carbocycles. The third-order valence-corrected chi connectivity index (χ3v) is 4.30. The highest BCUT2D eigenvalue weighted by Crippen LogP contribution is 2.22. The molecule has 0 aliphatic rings. The molecule has 0 aliphatic carbocycles. The Labute approximate surface area is 145 Å². The minimum atomic E-state index is -0.507. The average Bonchev–Trinajstić information content (AvgIpc) is 2.50. The fourth-order valence-electron chi connectivity index (χ4n) is 2.97. The number of anilines is 1. The molecular weight excluding hydrogens is 304 g/mol. The number of nitrogens with zero attached hydrogens (tertiary/aromatic N) is 1. The number of aryl methyl sites for hydroxylation is 3. The van der Waals surface area contributed by atoms with Crippen LogP contribution in [0.25, 0.3) is 0 Å². The molecule has 0 aliphatic heterocycles. The van der Waals surface area contributed by atoms with Crippen molar-refractivity contribution in [1.82, 2.24) is 4.90 Å². The molecule has 0 heterocycles. The van der Waals surface area contributed by atoms with Gasteiger partial charge in [0.05, 0.1) is 13.2 Å². The second-order valence-corrected chi connectivity index (χ2v) is 7.29. The van der Waals surface area contributed by atoms with Gasteiger partial charge in [0.2, 0.25) is 5.91 Å². The Balaban J connectivity index is 2.45. The zero-order valence-electron chi connectivity index (χ0n) is 15.6. The van der Waals surface area contributed by atoms with Crippen LogP contribution in [0, 0.1) is 26.2 Å². The maximum absolute atomic E-state index is 12.2. The molecule has 0 aromatic heterocycles. The van der Waals surface area contributed by atoms with Gasteiger partial charge in [-0.25, -0.2) is 0 Å². The number of hydrogen-bond acceptors (Lipinski definition) is 4. The number of aliphatic hydroxyl groups is 2. The molecule has 0 radical (unpaired) electrons. The highest BCUT2D eigenvalue weighted by molar-refractivity contribution is 5.92. The molecule has 0 spiro atoms. The van der Waals surface area contributed by atoms with E-state index in [2.05, 4.69) is 17.4 Å². The summed E-state index contributed by atoms with van der Waals surface area (Å²) in [6, 6.07) is 4.14. The first-order chi connectivity index (χ1) is 11.2. The van der Waals surface area contributed by atoms with Crippen LogP contribution in [-0.2, 0) is 4.79 Å². The van der Waals surface area contributed by atoms with Crippen molar-refractivity contribution in [3.8, 4) is 0 Å². The Morgan fingerprint density at radius 1 is 1.17 bits per heavy atom. The summed E-state index contributed by atoms with van der Waals surface area (Å²) in [5.41, 5.74) is 3.76. The molecule has 5 nitrogen and oxygen atoms in total.